The van der Waals surface area contributed by atoms with Crippen LogP contribution in [0.3, 0.4) is 0 Å². The highest BCUT2D eigenvalue weighted by Gasteiger charge is 2.44. The first-order chi connectivity index (χ1) is 11.8. The van der Waals surface area contributed by atoms with Gasteiger partial charge in [0.2, 0.25) is 0 Å². The Morgan fingerprint density at radius 1 is 0.962 bits per heavy atom. The average Bonchev–Trinajstić information content (AvgIpc) is 2.30. The Hall–Kier alpha value is -0.110. The van der Waals surface area contributed by atoms with Gasteiger partial charge in [-0.2, -0.15) is 0 Å². The molecule has 0 aromatic rings. The Morgan fingerprint density at radius 2 is 1.42 bits per heavy atom. The highest BCUT2D eigenvalue weighted by Crippen LogP contribution is 2.31. The van der Waals surface area contributed by atoms with Crippen LogP contribution in [0.15, 0.2) is 0 Å². The van der Waals surface area contributed by atoms with Crippen molar-refractivity contribution < 1.29 is 27.9 Å². The highest BCUT2D eigenvalue weighted by atomic mass is 16.8. The van der Waals surface area contributed by atoms with Gasteiger partial charge in [-0.3, -0.25) is 0 Å². The third kappa shape index (κ3) is 7.13. The third-order valence-corrected chi connectivity index (χ3v) is 4.61. The summed E-state index contributed by atoms with van der Waals surface area (Å²) in [5.41, 5.74) is -0.987. The molecule has 3 atom stereocenters. The van der Waals surface area contributed by atoms with Crippen molar-refractivity contribution in [2.45, 2.75) is 117 Å². The minimum Gasteiger partial charge on any atom is -0.383 e. The molecule has 0 saturated carbocycles. The van der Waals surface area contributed by atoms with Gasteiger partial charge in [0.05, 0.1) is 16.8 Å². The van der Waals surface area contributed by atoms with Crippen LogP contribution in [0.25, 0.3) is 0 Å². The fraction of sp³-hybridized carbons (Fsp3) is 1.00. The summed E-state index contributed by atoms with van der Waals surface area (Å²) in [6, 6.07) is 0. The fourth-order valence-corrected chi connectivity index (χ4v) is 3.88. The second-order valence-corrected chi connectivity index (χ2v) is 9.66. The zero-order valence-corrected chi connectivity index (χ0v) is 18.0. The van der Waals surface area contributed by atoms with Gasteiger partial charge in [-0.25, -0.2) is 0 Å². The van der Waals surface area contributed by atoms with Gasteiger partial charge in [-0.05, 0) is 81.6 Å². The van der Waals surface area contributed by atoms with Crippen molar-refractivity contribution in [3.63, 3.8) is 0 Å². The van der Waals surface area contributed by atoms with Crippen LogP contribution in [-0.2, 0) is 27.9 Å². The molecule has 0 radical (unpaired) electrons. The van der Waals surface area contributed by atoms with Gasteiger partial charge in [0.15, 0.2) is 0 Å². The zero-order chi connectivity index (χ0) is 19.8. The maximum absolute atomic E-state index is 6.10. The quantitative estimate of drug-likeness (QED) is 0.664. The summed E-state index contributed by atoms with van der Waals surface area (Å²) in [6.45, 7) is 18.3. The number of hydrogen-bond donors (Lipinski definition) is 0. The highest BCUT2D eigenvalue weighted by molar-refractivity contribution is 6.37. The number of hydrogen-bond acceptors (Lipinski definition) is 6. The lowest BCUT2D eigenvalue weighted by Gasteiger charge is -2.41. The van der Waals surface area contributed by atoms with Gasteiger partial charge in [0.25, 0.3) is 0 Å². The maximum atomic E-state index is 6.10. The van der Waals surface area contributed by atoms with E-state index in [1.54, 1.807) is 0 Å². The minimum atomic E-state index is -0.669. The van der Waals surface area contributed by atoms with Crippen LogP contribution in [0, 0.1) is 0 Å². The van der Waals surface area contributed by atoms with Crippen molar-refractivity contribution in [1.82, 2.24) is 0 Å². The van der Waals surface area contributed by atoms with Crippen molar-refractivity contribution >= 4 is 14.6 Å². The van der Waals surface area contributed by atoms with E-state index in [9.17, 15) is 0 Å². The zero-order valence-electron chi connectivity index (χ0n) is 18.0. The topological polar surface area (TPSA) is 55.4 Å². The molecular formula is C18H36B2O6. The van der Waals surface area contributed by atoms with Crippen LogP contribution in [0.4, 0.5) is 0 Å². The van der Waals surface area contributed by atoms with E-state index in [0.717, 1.165) is 12.8 Å². The van der Waals surface area contributed by atoms with Crippen molar-refractivity contribution in [3.8, 4) is 0 Å². The van der Waals surface area contributed by atoms with Gasteiger partial charge in [0.1, 0.15) is 0 Å². The molecule has 2 aliphatic heterocycles. The first kappa shape index (κ1) is 22.2. The average molecular weight is 370 g/mol. The van der Waals surface area contributed by atoms with E-state index in [1.165, 1.54) is 0 Å². The molecule has 0 aromatic carbocycles. The summed E-state index contributed by atoms with van der Waals surface area (Å²) < 4.78 is 35.4. The predicted molar refractivity (Wildman–Crippen MR) is 102 cm³/mol. The molecule has 2 fully saturated rings. The van der Waals surface area contributed by atoms with E-state index in [4.69, 9.17) is 27.9 Å². The lowest BCUT2D eigenvalue weighted by molar-refractivity contribution is -0.105. The molecule has 0 bridgehead atoms. The van der Waals surface area contributed by atoms with E-state index >= 15 is 0 Å². The smallest absolute Gasteiger partial charge is 0.383 e. The summed E-state index contributed by atoms with van der Waals surface area (Å²) in [6.07, 6.45) is 2.44. The molecule has 8 heteroatoms. The number of rotatable bonds is 6. The van der Waals surface area contributed by atoms with Crippen LogP contribution in [0.5, 0.6) is 0 Å². The minimum absolute atomic E-state index is 0.0981. The Balaban J connectivity index is 1.85. The first-order valence-corrected chi connectivity index (χ1v) is 9.75. The lowest BCUT2D eigenvalue weighted by Crippen LogP contribution is -2.51. The second kappa shape index (κ2) is 8.10. The lowest BCUT2D eigenvalue weighted by atomic mass is 9.92. The Labute approximate surface area is 159 Å². The molecule has 2 rings (SSSR count). The molecule has 0 unspecified atom stereocenters. The molecule has 0 N–H and O–H groups in total. The van der Waals surface area contributed by atoms with E-state index in [2.05, 4.69) is 27.7 Å². The van der Waals surface area contributed by atoms with Crippen molar-refractivity contribution in [1.29, 1.82) is 0 Å². The molecule has 2 heterocycles. The molecule has 2 aliphatic rings. The van der Waals surface area contributed by atoms with Gasteiger partial charge >= 0.3 is 14.6 Å². The standard InChI is InChI=1S/C18H36B2O6/c1-13-10-16(4,5)24-19(21-13)22-14(2)11-17(6,7)25-20-23-15(3)12-18(8,9)26-20/h13-15H,10-12H2,1-9H3/t13-,14-,15+/m1/s1. The second-order valence-electron chi connectivity index (χ2n) is 9.66. The summed E-state index contributed by atoms with van der Waals surface area (Å²) in [5, 5.41) is 0. The van der Waals surface area contributed by atoms with Crippen molar-refractivity contribution in [2.75, 3.05) is 0 Å². The van der Waals surface area contributed by atoms with Crippen LogP contribution in [0.1, 0.15) is 81.6 Å². The fourth-order valence-electron chi connectivity index (χ4n) is 3.88. The normalized spacial score (nSPS) is 30.3. The van der Waals surface area contributed by atoms with Crippen molar-refractivity contribution in [2.24, 2.45) is 0 Å². The summed E-state index contributed by atoms with van der Waals surface area (Å²) >= 11 is 0. The van der Waals surface area contributed by atoms with Crippen LogP contribution < -0.4 is 0 Å². The molecule has 150 valence electrons. The predicted octanol–water partition coefficient (Wildman–Crippen LogP) is 3.75. The summed E-state index contributed by atoms with van der Waals surface area (Å²) in [4.78, 5) is 0. The van der Waals surface area contributed by atoms with Crippen LogP contribution in [-0.4, -0.2) is 49.8 Å². The van der Waals surface area contributed by atoms with Crippen LogP contribution >= 0.6 is 0 Å². The molecule has 0 aromatic heterocycles. The van der Waals surface area contributed by atoms with Gasteiger partial charge < -0.3 is 27.9 Å². The first-order valence-electron chi connectivity index (χ1n) is 9.75. The molecule has 0 amide bonds. The SMILES string of the molecule is C[C@@H]1CC(C)(C)OB(O[C@H](C)CC(C)(C)OB2O[C@@H](C)CC(C)(C)O2)O1. The third-order valence-electron chi connectivity index (χ3n) is 4.61. The van der Waals surface area contributed by atoms with Gasteiger partial charge in [-0.15, -0.1) is 0 Å². The van der Waals surface area contributed by atoms with E-state index in [1.807, 2.05) is 34.6 Å². The van der Waals surface area contributed by atoms with E-state index in [0.29, 0.717) is 6.42 Å². The molecule has 2 saturated heterocycles. The van der Waals surface area contributed by atoms with Gasteiger partial charge in [-0.1, -0.05) is 0 Å². The molecule has 0 aliphatic carbocycles. The Bertz CT molecular complexity index is 471. The molecule has 6 nitrogen and oxygen atoms in total. The molecule has 26 heavy (non-hydrogen) atoms. The Morgan fingerprint density at radius 3 is 1.92 bits per heavy atom. The van der Waals surface area contributed by atoms with Crippen LogP contribution in [0.2, 0.25) is 0 Å². The van der Waals surface area contributed by atoms with E-state index < -0.39 is 20.2 Å². The molecular weight excluding hydrogens is 334 g/mol. The maximum Gasteiger partial charge on any atom is 0.640 e. The van der Waals surface area contributed by atoms with E-state index in [-0.39, 0.29) is 29.5 Å². The largest absolute Gasteiger partial charge is 0.640 e. The summed E-state index contributed by atoms with van der Waals surface area (Å²) in [5.74, 6) is 0. The molecule has 0 spiro atoms. The summed E-state index contributed by atoms with van der Waals surface area (Å²) in [7, 11) is -1.32. The monoisotopic (exact) mass is 370 g/mol. The van der Waals surface area contributed by atoms with Gasteiger partial charge in [0, 0.05) is 18.3 Å². The van der Waals surface area contributed by atoms with Crippen molar-refractivity contribution in [3.05, 3.63) is 0 Å². The Kier molecular flexibility index (Phi) is 6.91.